The Hall–Kier alpha value is -0.0900. The highest BCUT2D eigenvalue weighted by atomic mass is 32.2. The molecule has 17 heavy (non-hydrogen) atoms. The van der Waals surface area contributed by atoms with Crippen molar-refractivity contribution in [1.82, 2.24) is 4.90 Å². The fourth-order valence-electron chi connectivity index (χ4n) is 2.11. The molecule has 0 amide bonds. The van der Waals surface area contributed by atoms with E-state index in [0.29, 0.717) is 17.1 Å². The Kier molecular flexibility index (Phi) is 5.02. The summed E-state index contributed by atoms with van der Waals surface area (Å²) < 4.78 is 0.818. The van der Waals surface area contributed by atoms with Gasteiger partial charge in [0.1, 0.15) is 10.1 Å². The number of rotatable bonds is 1. The van der Waals surface area contributed by atoms with E-state index in [1.807, 2.05) is 19.0 Å². The van der Waals surface area contributed by atoms with Crippen LogP contribution in [0.2, 0.25) is 0 Å². The van der Waals surface area contributed by atoms with Crippen LogP contribution in [0, 0.1) is 11.3 Å². The first kappa shape index (κ1) is 15.0. The van der Waals surface area contributed by atoms with Crippen LogP contribution >= 0.6 is 24.0 Å². The van der Waals surface area contributed by atoms with Gasteiger partial charge in [0.05, 0.1) is 5.25 Å². The van der Waals surface area contributed by atoms with Gasteiger partial charge >= 0.3 is 0 Å². The molecule has 1 rings (SSSR count). The minimum atomic E-state index is 0.0721. The van der Waals surface area contributed by atoms with Crippen LogP contribution in [0.15, 0.2) is 0 Å². The standard InChI is InChI=1S/C13H23NOS2/c1-13(2,3)9-6-7-10(15)11(8-9)17-12(16)14(4)5/h9,11H,6-8H2,1-5H3/t9-,11-/m1/s1. The minimum Gasteiger partial charge on any atom is -0.364 e. The molecule has 98 valence electrons. The smallest absolute Gasteiger partial charge is 0.146 e. The van der Waals surface area contributed by atoms with Crippen LogP contribution in [0.3, 0.4) is 0 Å². The average molecular weight is 273 g/mol. The summed E-state index contributed by atoms with van der Waals surface area (Å²) in [5, 5.41) is 0.0721. The number of thioether (sulfide) groups is 1. The third-order valence-corrected chi connectivity index (χ3v) is 5.39. The number of carbonyl (C=O) groups is 1. The van der Waals surface area contributed by atoms with Crippen LogP contribution in [-0.4, -0.2) is 34.3 Å². The maximum absolute atomic E-state index is 11.9. The molecule has 1 aliphatic rings. The zero-order chi connectivity index (χ0) is 13.2. The van der Waals surface area contributed by atoms with E-state index in [0.717, 1.165) is 23.6 Å². The van der Waals surface area contributed by atoms with E-state index >= 15 is 0 Å². The first-order chi connectivity index (χ1) is 7.71. The molecule has 0 aromatic heterocycles. The SMILES string of the molecule is CN(C)C(=S)S[C@@H]1C[C@H](C(C)(C)C)CCC1=O. The minimum absolute atomic E-state index is 0.0721. The predicted molar refractivity (Wildman–Crippen MR) is 79.5 cm³/mol. The lowest BCUT2D eigenvalue weighted by molar-refractivity contribution is -0.121. The number of hydrogen-bond donors (Lipinski definition) is 0. The predicted octanol–water partition coefficient (Wildman–Crippen LogP) is 3.35. The van der Waals surface area contributed by atoms with E-state index in [4.69, 9.17) is 12.2 Å². The Morgan fingerprint density at radius 1 is 1.41 bits per heavy atom. The number of hydrogen-bond acceptors (Lipinski definition) is 3. The number of thiocarbonyl (C=S) groups is 1. The summed E-state index contributed by atoms with van der Waals surface area (Å²) in [6, 6.07) is 0. The molecular formula is C13H23NOS2. The second kappa shape index (κ2) is 5.70. The van der Waals surface area contributed by atoms with Crippen molar-refractivity contribution in [3.8, 4) is 0 Å². The summed E-state index contributed by atoms with van der Waals surface area (Å²) in [5.74, 6) is 1.00. The number of Topliss-reactive ketones (excluding diaryl/α,β-unsaturated/α-hetero) is 1. The molecule has 0 unspecified atom stereocenters. The lowest BCUT2D eigenvalue weighted by atomic mass is 9.72. The zero-order valence-corrected chi connectivity index (χ0v) is 13.1. The fourth-order valence-corrected chi connectivity index (χ4v) is 3.49. The molecule has 0 radical (unpaired) electrons. The third-order valence-electron chi connectivity index (χ3n) is 3.43. The van der Waals surface area contributed by atoms with Gasteiger partial charge < -0.3 is 4.90 Å². The Bertz CT molecular complexity index is 307. The quantitative estimate of drug-likeness (QED) is 0.682. The number of ketones is 1. The van der Waals surface area contributed by atoms with Gasteiger partial charge in [0.15, 0.2) is 0 Å². The normalized spacial score (nSPS) is 25.8. The molecule has 0 saturated heterocycles. The molecule has 0 N–H and O–H groups in total. The first-order valence-electron chi connectivity index (χ1n) is 6.12. The Labute approximate surface area is 115 Å². The van der Waals surface area contributed by atoms with Crippen molar-refractivity contribution >= 4 is 34.1 Å². The van der Waals surface area contributed by atoms with Gasteiger partial charge in [0.25, 0.3) is 0 Å². The Morgan fingerprint density at radius 2 is 2.00 bits per heavy atom. The van der Waals surface area contributed by atoms with E-state index in [2.05, 4.69) is 20.8 Å². The molecule has 4 heteroatoms. The second-order valence-electron chi connectivity index (χ2n) is 6.07. The largest absolute Gasteiger partial charge is 0.364 e. The summed E-state index contributed by atoms with van der Waals surface area (Å²) >= 11 is 6.84. The van der Waals surface area contributed by atoms with Gasteiger partial charge in [0, 0.05) is 20.5 Å². The average Bonchev–Trinajstić information content (AvgIpc) is 2.19. The van der Waals surface area contributed by atoms with E-state index in [9.17, 15) is 4.79 Å². The van der Waals surface area contributed by atoms with Crippen LogP contribution < -0.4 is 0 Å². The highest BCUT2D eigenvalue weighted by Crippen LogP contribution is 2.40. The van der Waals surface area contributed by atoms with Gasteiger partial charge in [-0.2, -0.15) is 0 Å². The number of nitrogens with zero attached hydrogens (tertiary/aromatic N) is 1. The van der Waals surface area contributed by atoms with Gasteiger partial charge in [-0.1, -0.05) is 44.8 Å². The molecule has 0 heterocycles. The second-order valence-corrected chi connectivity index (χ2v) is 7.91. The molecule has 0 aromatic rings. The van der Waals surface area contributed by atoms with Gasteiger partial charge in [-0.05, 0) is 24.2 Å². The van der Waals surface area contributed by atoms with Crippen LogP contribution in [-0.2, 0) is 4.79 Å². The monoisotopic (exact) mass is 273 g/mol. The molecule has 0 aromatic carbocycles. The summed E-state index contributed by atoms with van der Waals surface area (Å²) in [6.45, 7) is 6.79. The van der Waals surface area contributed by atoms with E-state index in [1.165, 1.54) is 0 Å². The van der Waals surface area contributed by atoms with Gasteiger partial charge in [-0.3, -0.25) is 4.79 Å². The van der Waals surface area contributed by atoms with Gasteiger partial charge in [0.2, 0.25) is 0 Å². The molecule has 0 spiro atoms. The molecule has 1 aliphatic carbocycles. The topological polar surface area (TPSA) is 20.3 Å². The van der Waals surface area contributed by atoms with Crippen molar-refractivity contribution < 1.29 is 4.79 Å². The fraction of sp³-hybridized carbons (Fsp3) is 0.846. The molecule has 0 aliphatic heterocycles. The lowest BCUT2D eigenvalue weighted by Crippen LogP contribution is -2.35. The van der Waals surface area contributed by atoms with Crippen molar-refractivity contribution in [3.63, 3.8) is 0 Å². The first-order valence-corrected chi connectivity index (χ1v) is 7.41. The summed E-state index contributed by atoms with van der Waals surface area (Å²) in [5.41, 5.74) is 0.291. The van der Waals surface area contributed by atoms with Crippen molar-refractivity contribution in [2.45, 2.75) is 45.3 Å². The van der Waals surface area contributed by atoms with Crippen molar-refractivity contribution in [2.75, 3.05) is 14.1 Å². The van der Waals surface area contributed by atoms with Crippen LogP contribution in [0.5, 0.6) is 0 Å². The number of carbonyl (C=O) groups excluding carboxylic acids is 1. The molecule has 2 nitrogen and oxygen atoms in total. The highest BCUT2D eigenvalue weighted by molar-refractivity contribution is 8.23. The van der Waals surface area contributed by atoms with Crippen LogP contribution in [0.4, 0.5) is 0 Å². The van der Waals surface area contributed by atoms with E-state index in [1.54, 1.807) is 11.8 Å². The van der Waals surface area contributed by atoms with E-state index < -0.39 is 0 Å². The molecule has 2 atom stereocenters. The lowest BCUT2D eigenvalue weighted by Gasteiger charge is -2.37. The van der Waals surface area contributed by atoms with Crippen molar-refractivity contribution in [3.05, 3.63) is 0 Å². The maximum Gasteiger partial charge on any atom is 0.146 e. The molecule has 1 saturated carbocycles. The van der Waals surface area contributed by atoms with Gasteiger partial charge in [-0.15, -0.1) is 0 Å². The van der Waals surface area contributed by atoms with Crippen molar-refractivity contribution in [1.29, 1.82) is 0 Å². The van der Waals surface area contributed by atoms with Crippen LogP contribution in [0.1, 0.15) is 40.0 Å². The maximum atomic E-state index is 11.9. The summed E-state index contributed by atoms with van der Waals surface area (Å²) in [6.07, 6.45) is 2.73. The zero-order valence-electron chi connectivity index (χ0n) is 11.4. The Balaban J connectivity index is 2.64. The molecule has 1 fully saturated rings. The van der Waals surface area contributed by atoms with Crippen LogP contribution in [0.25, 0.3) is 0 Å². The van der Waals surface area contributed by atoms with Gasteiger partial charge in [-0.25, -0.2) is 0 Å². The third kappa shape index (κ3) is 4.25. The molecule has 0 bridgehead atoms. The Morgan fingerprint density at radius 3 is 2.47 bits per heavy atom. The summed E-state index contributed by atoms with van der Waals surface area (Å²) in [7, 11) is 3.87. The highest BCUT2D eigenvalue weighted by Gasteiger charge is 2.35. The van der Waals surface area contributed by atoms with Crippen molar-refractivity contribution in [2.24, 2.45) is 11.3 Å². The summed E-state index contributed by atoms with van der Waals surface area (Å²) in [4.78, 5) is 13.8. The molecular weight excluding hydrogens is 250 g/mol. The van der Waals surface area contributed by atoms with E-state index in [-0.39, 0.29) is 5.25 Å².